The zero-order chi connectivity index (χ0) is 19.8. The van der Waals surface area contributed by atoms with E-state index in [2.05, 4.69) is 29.2 Å². The predicted octanol–water partition coefficient (Wildman–Crippen LogP) is 5.56. The number of Topliss-reactive ketones (excluding diaryl/α,β-unsaturated/α-hetero) is 2. The van der Waals surface area contributed by atoms with Gasteiger partial charge in [0.15, 0.2) is 0 Å². The summed E-state index contributed by atoms with van der Waals surface area (Å²) in [5, 5.41) is 3.24. The SMILES string of the molecule is CC(=O)C(C(C)=O)[C@@H](c1cccc2ccccc12)c1c(C)[nH]c2ccccc12. The van der Waals surface area contributed by atoms with Gasteiger partial charge in [-0.15, -0.1) is 0 Å². The van der Waals surface area contributed by atoms with Crippen LogP contribution in [0.4, 0.5) is 0 Å². The van der Waals surface area contributed by atoms with Crippen LogP contribution < -0.4 is 0 Å². The van der Waals surface area contributed by atoms with E-state index in [1.165, 1.54) is 13.8 Å². The lowest BCUT2D eigenvalue weighted by atomic mass is 9.74. The Morgan fingerprint density at radius 3 is 2.11 bits per heavy atom. The molecular weight excluding hydrogens is 346 g/mol. The molecule has 0 aliphatic heterocycles. The zero-order valence-electron chi connectivity index (χ0n) is 16.3. The second-order valence-electron chi connectivity index (χ2n) is 7.45. The number of rotatable bonds is 5. The number of nitrogens with one attached hydrogen (secondary N) is 1. The van der Waals surface area contributed by atoms with E-state index < -0.39 is 5.92 Å². The maximum Gasteiger partial charge on any atom is 0.141 e. The summed E-state index contributed by atoms with van der Waals surface area (Å²) in [5.41, 5.74) is 4.06. The number of aromatic nitrogens is 1. The van der Waals surface area contributed by atoms with E-state index in [1.54, 1.807) is 0 Å². The minimum atomic E-state index is -0.719. The first-order valence-corrected chi connectivity index (χ1v) is 9.54. The number of hydrogen-bond acceptors (Lipinski definition) is 2. The van der Waals surface area contributed by atoms with E-state index in [4.69, 9.17) is 0 Å². The van der Waals surface area contributed by atoms with Crippen LogP contribution in [0.1, 0.15) is 36.6 Å². The third-order valence-corrected chi connectivity index (χ3v) is 5.62. The number of aryl methyl sites for hydroxylation is 1. The van der Waals surface area contributed by atoms with Crippen molar-refractivity contribution < 1.29 is 9.59 Å². The third-order valence-electron chi connectivity index (χ3n) is 5.62. The smallest absolute Gasteiger partial charge is 0.141 e. The van der Waals surface area contributed by atoms with Gasteiger partial charge in [0.1, 0.15) is 11.6 Å². The molecule has 4 rings (SSSR count). The molecule has 0 spiro atoms. The van der Waals surface area contributed by atoms with Crippen LogP contribution in [0.3, 0.4) is 0 Å². The first-order valence-electron chi connectivity index (χ1n) is 9.54. The van der Waals surface area contributed by atoms with Crippen molar-refractivity contribution in [2.45, 2.75) is 26.7 Å². The van der Waals surface area contributed by atoms with Crippen molar-refractivity contribution in [2.24, 2.45) is 5.92 Å². The molecule has 3 nitrogen and oxygen atoms in total. The van der Waals surface area contributed by atoms with Crippen molar-refractivity contribution in [3.8, 4) is 0 Å². The fourth-order valence-corrected chi connectivity index (χ4v) is 4.48. The molecule has 0 amide bonds. The average Bonchev–Trinajstić information content (AvgIpc) is 3.00. The van der Waals surface area contributed by atoms with Crippen molar-refractivity contribution in [3.05, 3.63) is 83.6 Å². The van der Waals surface area contributed by atoms with Gasteiger partial charge in [-0.1, -0.05) is 60.7 Å². The normalized spacial score (nSPS) is 12.6. The molecular formula is C25H23NO2. The number of aromatic amines is 1. The van der Waals surface area contributed by atoms with E-state index >= 15 is 0 Å². The summed E-state index contributed by atoms with van der Waals surface area (Å²) in [5.74, 6) is -1.26. The van der Waals surface area contributed by atoms with Crippen molar-refractivity contribution in [1.82, 2.24) is 4.98 Å². The molecule has 1 aromatic heterocycles. The van der Waals surface area contributed by atoms with E-state index in [-0.39, 0.29) is 17.5 Å². The van der Waals surface area contributed by atoms with Crippen molar-refractivity contribution in [2.75, 3.05) is 0 Å². The molecule has 0 aliphatic carbocycles. The van der Waals surface area contributed by atoms with Gasteiger partial charge in [-0.05, 0) is 48.7 Å². The minimum absolute atomic E-state index is 0.102. The van der Waals surface area contributed by atoms with E-state index in [9.17, 15) is 9.59 Å². The predicted molar refractivity (Wildman–Crippen MR) is 114 cm³/mol. The van der Waals surface area contributed by atoms with Gasteiger partial charge in [-0.3, -0.25) is 9.59 Å². The molecule has 4 aromatic rings. The van der Waals surface area contributed by atoms with Gasteiger partial charge in [0, 0.05) is 22.5 Å². The molecule has 0 fully saturated rings. The molecule has 140 valence electrons. The minimum Gasteiger partial charge on any atom is -0.358 e. The van der Waals surface area contributed by atoms with Gasteiger partial charge >= 0.3 is 0 Å². The second-order valence-corrected chi connectivity index (χ2v) is 7.45. The third kappa shape index (κ3) is 2.93. The molecule has 0 bridgehead atoms. The molecule has 0 radical (unpaired) electrons. The van der Waals surface area contributed by atoms with Crippen LogP contribution in [0.25, 0.3) is 21.7 Å². The summed E-state index contributed by atoms with van der Waals surface area (Å²) in [6.07, 6.45) is 0. The Morgan fingerprint density at radius 2 is 1.39 bits per heavy atom. The molecule has 1 heterocycles. The number of fused-ring (bicyclic) bond motifs is 2. The van der Waals surface area contributed by atoms with Crippen LogP contribution in [-0.4, -0.2) is 16.6 Å². The zero-order valence-corrected chi connectivity index (χ0v) is 16.3. The number of hydrogen-bond donors (Lipinski definition) is 1. The molecule has 3 aromatic carbocycles. The van der Waals surface area contributed by atoms with E-state index in [0.29, 0.717) is 0 Å². The van der Waals surface area contributed by atoms with Crippen molar-refractivity contribution in [1.29, 1.82) is 0 Å². The first kappa shape index (κ1) is 18.2. The maximum absolute atomic E-state index is 12.6. The van der Waals surface area contributed by atoms with Crippen molar-refractivity contribution in [3.63, 3.8) is 0 Å². The summed E-state index contributed by atoms with van der Waals surface area (Å²) in [7, 11) is 0. The summed E-state index contributed by atoms with van der Waals surface area (Å²) < 4.78 is 0. The molecule has 0 saturated carbocycles. The Balaban J connectivity index is 2.09. The second kappa shape index (κ2) is 7.08. The number of carbonyl (C=O) groups excluding carboxylic acids is 2. The Labute approximate surface area is 164 Å². The van der Waals surface area contributed by atoms with Crippen LogP contribution >= 0.6 is 0 Å². The Morgan fingerprint density at radius 1 is 0.786 bits per heavy atom. The maximum atomic E-state index is 12.6. The number of ketones is 2. The quantitative estimate of drug-likeness (QED) is 0.469. The lowest BCUT2D eigenvalue weighted by Gasteiger charge is -2.26. The lowest BCUT2D eigenvalue weighted by molar-refractivity contribution is -0.130. The van der Waals surface area contributed by atoms with Crippen LogP contribution in [0.2, 0.25) is 0 Å². The molecule has 0 saturated heterocycles. The standard InChI is InChI=1S/C25H23NO2/c1-15-23(21-12-6-7-14-22(21)26-15)25(24(16(2)27)17(3)28)20-13-8-10-18-9-4-5-11-19(18)20/h4-14,24-26H,1-3H3/t25-/m0/s1. The number of para-hydroxylation sites is 1. The largest absolute Gasteiger partial charge is 0.358 e. The topological polar surface area (TPSA) is 49.9 Å². The number of H-pyrrole nitrogens is 1. The fraction of sp³-hybridized carbons (Fsp3) is 0.200. The van der Waals surface area contributed by atoms with Gasteiger partial charge < -0.3 is 4.98 Å². The first-order chi connectivity index (χ1) is 13.5. The van der Waals surface area contributed by atoms with Gasteiger partial charge in [0.25, 0.3) is 0 Å². The number of benzene rings is 3. The fourth-order valence-electron chi connectivity index (χ4n) is 4.48. The average molecular weight is 369 g/mol. The summed E-state index contributed by atoms with van der Waals surface area (Å²) in [6, 6.07) is 22.3. The summed E-state index contributed by atoms with van der Waals surface area (Å²) in [4.78, 5) is 28.7. The highest BCUT2D eigenvalue weighted by molar-refractivity contribution is 6.03. The van der Waals surface area contributed by atoms with Gasteiger partial charge in [0.05, 0.1) is 5.92 Å². The molecule has 0 aliphatic rings. The monoisotopic (exact) mass is 369 g/mol. The Bertz CT molecular complexity index is 1180. The molecule has 0 unspecified atom stereocenters. The van der Waals surface area contributed by atoms with Gasteiger partial charge in [-0.25, -0.2) is 0 Å². The summed E-state index contributed by atoms with van der Waals surface area (Å²) in [6.45, 7) is 5.06. The van der Waals surface area contributed by atoms with Gasteiger partial charge in [-0.2, -0.15) is 0 Å². The Kier molecular flexibility index (Phi) is 4.60. The van der Waals surface area contributed by atoms with Crippen molar-refractivity contribution >= 4 is 33.2 Å². The Hall–Kier alpha value is -3.20. The lowest BCUT2D eigenvalue weighted by Crippen LogP contribution is -2.28. The van der Waals surface area contributed by atoms with E-state index in [0.717, 1.165) is 38.5 Å². The highest BCUT2D eigenvalue weighted by Crippen LogP contribution is 2.41. The van der Waals surface area contributed by atoms with Crippen LogP contribution in [0, 0.1) is 12.8 Å². The molecule has 3 heteroatoms. The highest BCUT2D eigenvalue weighted by atomic mass is 16.1. The number of carbonyl (C=O) groups is 2. The summed E-state index contributed by atoms with van der Waals surface area (Å²) >= 11 is 0. The van der Waals surface area contributed by atoms with E-state index in [1.807, 2.05) is 49.4 Å². The van der Waals surface area contributed by atoms with Crippen LogP contribution in [0.15, 0.2) is 66.7 Å². The van der Waals surface area contributed by atoms with Crippen LogP contribution in [0.5, 0.6) is 0 Å². The molecule has 28 heavy (non-hydrogen) atoms. The molecule has 1 atom stereocenters. The molecule has 1 N–H and O–H groups in total. The van der Waals surface area contributed by atoms with Gasteiger partial charge in [0.2, 0.25) is 0 Å². The van der Waals surface area contributed by atoms with Crippen LogP contribution in [-0.2, 0) is 9.59 Å². The highest BCUT2D eigenvalue weighted by Gasteiger charge is 2.35.